The first kappa shape index (κ1) is 10.9. The SMILES string of the molecule is COc1c(OC2CCCC2)ccc(O)c1O. The lowest BCUT2D eigenvalue weighted by Crippen LogP contribution is -2.11. The summed E-state index contributed by atoms with van der Waals surface area (Å²) in [6.07, 6.45) is 4.61. The fourth-order valence-corrected chi connectivity index (χ4v) is 2.02. The Labute approximate surface area is 94.4 Å². The molecule has 0 bridgehead atoms. The van der Waals surface area contributed by atoms with Crippen LogP contribution in [0.3, 0.4) is 0 Å². The van der Waals surface area contributed by atoms with Gasteiger partial charge in [0.1, 0.15) is 0 Å². The van der Waals surface area contributed by atoms with Gasteiger partial charge >= 0.3 is 0 Å². The summed E-state index contributed by atoms with van der Waals surface area (Å²) < 4.78 is 10.8. The highest BCUT2D eigenvalue weighted by molar-refractivity contribution is 5.57. The minimum absolute atomic E-state index is 0.192. The van der Waals surface area contributed by atoms with E-state index in [-0.39, 0.29) is 23.4 Å². The molecule has 1 aliphatic rings. The van der Waals surface area contributed by atoms with Crippen LogP contribution in [0.25, 0.3) is 0 Å². The van der Waals surface area contributed by atoms with Gasteiger partial charge in [0.05, 0.1) is 13.2 Å². The van der Waals surface area contributed by atoms with Crippen LogP contribution in [0.5, 0.6) is 23.0 Å². The van der Waals surface area contributed by atoms with E-state index in [1.807, 2.05) is 0 Å². The van der Waals surface area contributed by atoms with Gasteiger partial charge in [-0.3, -0.25) is 0 Å². The van der Waals surface area contributed by atoms with E-state index in [1.165, 1.54) is 26.0 Å². The molecule has 2 N–H and O–H groups in total. The molecule has 0 aromatic heterocycles. The summed E-state index contributed by atoms with van der Waals surface area (Å²) in [5.74, 6) is 0.227. The molecule has 1 aromatic carbocycles. The van der Waals surface area contributed by atoms with E-state index in [0.717, 1.165) is 12.8 Å². The van der Waals surface area contributed by atoms with Crippen LogP contribution in [0, 0.1) is 0 Å². The van der Waals surface area contributed by atoms with E-state index in [4.69, 9.17) is 9.47 Å². The van der Waals surface area contributed by atoms with E-state index in [0.29, 0.717) is 5.75 Å². The average Bonchev–Trinajstić information content (AvgIpc) is 2.77. The molecule has 88 valence electrons. The molecular weight excluding hydrogens is 208 g/mol. The molecule has 1 aliphatic carbocycles. The van der Waals surface area contributed by atoms with Crippen LogP contribution in [-0.2, 0) is 0 Å². The standard InChI is InChI=1S/C12H16O4/c1-15-12-10(7-6-9(13)11(12)14)16-8-4-2-3-5-8/h6-8,13-14H,2-5H2,1H3. The highest BCUT2D eigenvalue weighted by Crippen LogP contribution is 2.43. The van der Waals surface area contributed by atoms with Gasteiger partial charge in [0.25, 0.3) is 0 Å². The Kier molecular flexibility index (Phi) is 3.08. The highest BCUT2D eigenvalue weighted by atomic mass is 16.5. The van der Waals surface area contributed by atoms with Crippen LogP contribution in [0.1, 0.15) is 25.7 Å². The minimum atomic E-state index is -0.266. The largest absolute Gasteiger partial charge is 0.504 e. The lowest BCUT2D eigenvalue weighted by atomic mass is 10.2. The molecule has 4 nitrogen and oxygen atoms in total. The predicted octanol–water partition coefficient (Wildman–Crippen LogP) is 2.43. The van der Waals surface area contributed by atoms with Gasteiger partial charge in [-0.1, -0.05) is 0 Å². The Morgan fingerprint density at radius 2 is 1.88 bits per heavy atom. The molecule has 16 heavy (non-hydrogen) atoms. The van der Waals surface area contributed by atoms with Crippen molar-refractivity contribution in [3.05, 3.63) is 12.1 Å². The summed E-state index contributed by atoms with van der Waals surface area (Å²) >= 11 is 0. The second-order valence-electron chi connectivity index (χ2n) is 3.99. The fourth-order valence-electron chi connectivity index (χ4n) is 2.02. The smallest absolute Gasteiger partial charge is 0.207 e. The van der Waals surface area contributed by atoms with Crippen molar-refractivity contribution in [1.82, 2.24) is 0 Å². The number of aromatic hydroxyl groups is 2. The van der Waals surface area contributed by atoms with Crippen LogP contribution >= 0.6 is 0 Å². The highest BCUT2D eigenvalue weighted by Gasteiger charge is 2.20. The van der Waals surface area contributed by atoms with E-state index >= 15 is 0 Å². The molecule has 0 saturated heterocycles. The number of phenols is 2. The van der Waals surface area contributed by atoms with Crippen LogP contribution in [-0.4, -0.2) is 23.4 Å². The van der Waals surface area contributed by atoms with Crippen molar-refractivity contribution in [2.75, 3.05) is 7.11 Å². The van der Waals surface area contributed by atoms with Crippen molar-refractivity contribution < 1.29 is 19.7 Å². The third-order valence-electron chi connectivity index (χ3n) is 2.87. The molecule has 0 heterocycles. The quantitative estimate of drug-likeness (QED) is 0.774. The number of rotatable bonds is 3. The number of benzene rings is 1. The monoisotopic (exact) mass is 224 g/mol. The first-order chi connectivity index (χ1) is 7.72. The van der Waals surface area contributed by atoms with Crippen LogP contribution in [0.2, 0.25) is 0 Å². The molecule has 0 amide bonds. The number of methoxy groups -OCH3 is 1. The molecule has 2 rings (SSSR count). The van der Waals surface area contributed by atoms with Gasteiger partial charge in [-0.2, -0.15) is 0 Å². The van der Waals surface area contributed by atoms with Gasteiger partial charge < -0.3 is 19.7 Å². The van der Waals surface area contributed by atoms with Gasteiger partial charge in [-0.05, 0) is 37.8 Å². The molecule has 0 radical (unpaired) electrons. The third-order valence-corrected chi connectivity index (χ3v) is 2.87. The summed E-state index contributed by atoms with van der Waals surface area (Å²) in [6.45, 7) is 0. The second kappa shape index (κ2) is 4.51. The van der Waals surface area contributed by atoms with Crippen molar-refractivity contribution in [3.63, 3.8) is 0 Å². The normalized spacial score (nSPS) is 16.3. The predicted molar refractivity (Wildman–Crippen MR) is 59.2 cm³/mol. The Bertz CT molecular complexity index is 370. The zero-order valence-corrected chi connectivity index (χ0v) is 9.27. The topological polar surface area (TPSA) is 58.9 Å². The Morgan fingerprint density at radius 1 is 1.19 bits per heavy atom. The lowest BCUT2D eigenvalue weighted by molar-refractivity contribution is 0.198. The molecule has 4 heteroatoms. The third kappa shape index (κ3) is 2.01. The van der Waals surface area contributed by atoms with Crippen LogP contribution in [0.15, 0.2) is 12.1 Å². The zero-order valence-electron chi connectivity index (χ0n) is 9.27. The number of ether oxygens (including phenoxy) is 2. The second-order valence-corrected chi connectivity index (χ2v) is 3.99. The number of hydrogen-bond acceptors (Lipinski definition) is 4. The molecule has 1 fully saturated rings. The van der Waals surface area contributed by atoms with Gasteiger partial charge in [0.2, 0.25) is 11.5 Å². The summed E-state index contributed by atoms with van der Waals surface area (Å²) in [5.41, 5.74) is 0. The average molecular weight is 224 g/mol. The Balaban J connectivity index is 2.22. The van der Waals surface area contributed by atoms with Gasteiger partial charge in [0.15, 0.2) is 11.5 Å². The number of phenolic OH excluding ortho intramolecular Hbond substituents is 2. The van der Waals surface area contributed by atoms with E-state index in [1.54, 1.807) is 6.07 Å². The van der Waals surface area contributed by atoms with Crippen LogP contribution in [0.4, 0.5) is 0 Å². The van der Waals surface area contributed by atoms with E-state index in [9.17, 15) is 10.2 Å². The molecule has 1 aromatic rings. The molecule has 1 saturated carbocycles. The van der Waals surface area contributed by atoms with Crippen molar-refractivity contribution in [2.45, 2.75) is 31.8 Å². The minimum Gasteiger partial charge on any atom is -0.504 e. The summed E-state index contributed by atoms with van der Waals surface area (Å²) in [7, 11) is 1.44. The molecule has 0 atom stereocenters. The van der Waals surface area contributed by atoms with E-state index in [2.05, 4.69) is 0 Å². The fraction of sp³-hybridized carbons (Fsp3) is 0.500. The van der Waals surface area contributed by atoms with Gasteiger partial charge in [-0.25, -0.2) is 0 Å². The molecule has 0 aliphatic heterocycles. The maximum Gasteiger partial charge on any atom is 0.207 e. The lowest BCUT2D eigenvalue weighted by Gasteiger charge is -2.16. The number of hydrogen-bond donors (Lipinski definition) is 2. The Hall–Kier alpha value is -1.58. The Morgan fingerprint density at radius 3 is 2.50 bits per heavy atom. The van der Waals surface area contributed by atoms with Crippen molar-refractivity contribution in [1.29, 1.82) is 0 Å². The van der Waals surface area contributed by atoms with E-state index < -0.39 is 0 Å². The summed E-state index contributed by atoms with van der Waals surface area (Å²) in [5, 5.41) is 18.9. The zero-order chi connectivity index (χ0) is 11.5. The van der Waals surface area contributed by atoms with Gasteiger partial charge in [-0.15, -0.1) is 0 Å². The summed E-state index contributed by atoms with van der Waals surface area (Å²) in [6, 6.07) is 3.02. The van der Waals surface area contributed by atoms with Crippen molar-refractivity contribution in [2.24, 2.45) is 0 Å². The van der Waals surface area contributed by atoms with Gasteiger partial charge in [0, 0.05) is 0 Å². The first-order valence-corrected chi connectivity index (χ1v) is 5.48. The maximum absolute atomic E-state index is 9.60. The summed E-state index contributed by atoms with van der Waals surface area (Å²) in [4.78, 5) is 0. The molecule has 0 unspecified atom stereocenters. The molecule has 0 spiro atoms. The van der Waals surface area contributed by atoms with Crippen LogP contribution < -0.4 is 9.47 Å². The first-order valence-electron chi connectivity index (χ1n) is 5.48. The molecular formula is C12H16O4. The maximum atomic E-state index is 9.60. The van der Waals surface area contributed by atoms with Crippen molar-refractivity contribution in [3.8, 4) is 23.0 Å². The van der Waals surface area contributed by atoms with Crippen molar-refractivity contribution >= 4 is 0 Å².